The zero-order chi connectivity index (χ0) is 18.6. The highest BCUT2D eigenvalue weighted by Crippen LogP contribution is 2.19. The number of benzene rings is 3. The van der Waals surface area contributed by atoms with E-state index in [9.17, 15) is 0 Å². The Labute approximate surface area is 160 Å². The van der Waals surface area contributed by atoms with E-state index in [0.717, 1.165) is 35.6 Å². The highest BCUT2D eigenvalue weighted by atomic mass is 15.3. The molecule has 134 valence electrons. The summed E-state index contributed by atoms with van der Waals surface area (Å²) in [7, 11) is 0. The van der Waals surface area contributed by atoms with Gasteiger partial charge >= 0.3 is 0 Å². The molecule has 3 aromatic rings. The quantitative estimate of drug-likeness (QED) is 0.650. The molecule has 27 heavy (non-hydrogen) atoms. The number of nitrogens with zero attached hydrogens (tertiary/aromatic N) is 3. The maximum atomic E-state index is 4.64. The molecular weight excluding hydrogens is 330 g/mol. The molecule has 3 heteroatoms. The number of hydrogen-bond acceptors (Lipinski definition) is 3. The number of aryl methyl sites for hydroxylation is 2. The van der Waals surface area contributed by atoms with Crippen LogP contribution >= 0.6 is 0 Å². The van der Waals surface area contributed by atoms with Crippen molar-refractivity contribution in [2.45, 2.75) is 13.8 Å². The molecule has 0 aromatic heterocycles. The predicted molar refractivity (Wildman–Crippen MR) is 114 cm³/mol. The third-order valence-electron chi connectivity index (χ3n) is 4.86. The van der Waals surface area contributed by atoms with E-state index >= 15 is 0 Å². The van der Waals surface area contributed by atoms with Gasteiger partial charge in [0.2, 0.25) is 0 Å². The highest BCUT2D eigenvalue weighted by molar-refractivity contribution is 6.09. The molecule has 3 nitrogen and oxygen atoms in total. The van der Waals surface area contributed by atoms with Gasteiger partial charge in [0.1, 0.15) is 0 Å². The fraction of sp³-hybridized carbons (Fsp3) is 0.167. The Bertz CT molecular complexity index is 905. The lowest BCUT2D eigenvalue weighted by Crippen LogP contribution is -2.33. The van der Waals surface area contributed by atoms with E-state index in [1.165, 1.54) is 16.8 Å². The average molecular weight is 353 g/mol. The summed E-state index contributed by atoms with van der Waals surface area (Å²) < 4.78 is 0. The molecule has 0 fully saturated rings. The first-order valence-corrected chi connectivity index (χ1v) is 9.26. The second-order valence-corrected chi connectivity index (χ2v) is 7.02. The van der Waals surface area contributed by atoms with Gasteiger partial charge in [-0.3, -0.25) is 0 Å². The van der Waals surface area contributed by atoms with Crippen LogP contribution in [0.3, 0.4) is 0 Å². The van der Waals surface area contributed by atoms with Crippen molar-refractivity contribution >= 4 is 17.1 Å². The number of anilines is 1. The SMILES string of the molecule is Cc1ccc(C2=NN=C(c3ccc(C)cc3)CN(c3ccccc3)C2)cc1. The lowest BCUT2D eigenvalue weighted by molar-refractivity contribution is 1.01. The Morgan fingerprint density at radius 2 is 1.04 bits per heavy atom. The Morgan fingerprint density at radius 1 is 0.593 bits per heavy atom. The Hall–Kier alpha value is -3.20. The minimum absolute atomic E-state index is 0.728. The van der Waals surface area contributed by atoms with Gasteiger partial charge in [0.05, 0.1) is 24.5 Å². The largest absolute Gasteiger partial charge is 0.360 e. The Kier molecular flexibility index (Phi) is 4.84. The third-order valence-corrected chi connectivity index (χ3v) is 4.86. The predicted octanol–water partition coefficient (Wildman–Crippen LogP) is 5.02. The fourth-order valence-corrected chi connectivity index (χ4v) is 3.21. The summed E-state index contributed by atoms with van der Waals surface area (Å²) in [6, 6.07) is 27.5. The van der Waals surface area contributed by atoms with Crippen molar-refractivity contribution in [3.63, 3.8) is 0 Å². The standard InChI is InChI=1S/C24H23N3/c1-18-8-12-20(13-9-18)23-16-27(22-6-4-3-5-7-22)17-24(26-25-23)21-14-10-19(2)11-15-21/h3-15H,16-17H2,1-2H3. The van der Waals surface area contributed by atoms with Gasteiger partial charge in [-0.1, -0.05) is 77.9 Å². The van der Waals surface area contributed by atoms with Crippen LogP contribution in [0.4, 0.5) is 5.69 Å². The Morgan fingerprint density at radius 3 is 1.48 bits per heavy atom. The summed E-state index contributed by atoms with van der Waals surface area (Å²) in [5, 5.41) is 9.28. The van der Waals surface area contributed by atoms with Crippen LogP contribution in [-0.2, 0) is 0 Å². The molecule has 4 rings (SSSR count). The van der Waals surface area contributed by atoms with E-state index in [-0.39, 0.29) is 0 Å². The van der Waals surface area contributed by atoms with Gasteiger partial charge in [0.15, 0.2) is 0 Å². The van der Waals surface area contributed by atoms with Crippen LogP contribution in [0.5, 0.6) is 0 Å². The molecule has 0 unspecified atom stereocenters. The lowest BCUT2D eigenvalue weighted by atomic mass is 10.1. The van der Waals surface area contributed by atoms with Crippen LogP contribution in [0.2, 0.25) is 0 Å². The third kappa shape index (κ3) is 3.98. The first-order valence-electron chi connectivity index (χ1n) is 9.26. The van der Waals surface area contributed by atoms with Crippen molar-refractivity contribution in [2.24, 2.45) is 10.2 Å². The van der Waals surface area contributed by atoms with Crippen molar-refractivity contribution < 1.29 is 0 Å². The van der Waals surface area contributed by atoms with Crippen molar-refractivity contribution in [3.05, 3.63) is 101 Å². The van der Waals surface area contributed by atoms with Gasteiger partial charge in [-0.05, 0) is 37.1 Å². The van der Waals surface area contributed by atoms with Gasteiger partial charge in [-0.2, -0.15) is 10.2 Å². The van der Waals surface area contributed by atoms with Crippen LogP contribution in [0, 0.1) is 13.8 Å². The van der Waals surface area contributed by atoms with Crippen LogP contribution in [0.25, 0.3) is 0 Å². The molecule has 0 amide bonds. The van der Waals surface area contributed by atoms with Gasteiger partial charge in [-0.25, -0.2) is 0 Å². The monoisotopic (exact) mass is 353 g/mol. The fourth-order valence-electron chi connectivity index (χ4n) is 3.21. The lowest BCUT2D eigenvalue weighted by Gasteiger charge is -2.24. The van der Waals surface area contributed by atoms with Crippen LogP contribution < -0.4 is 4.90 Å². The van der Waals surface area contributed by atoms with Crippen LogP contribution in [-0.4, -0.2) is 24.5 Å². The second-order valence-electron chi connectivity index (χ2n) is 7.02. The maximum absolute atomic E-state index is 4.64. The van der Waals surface area contributed by atoms with E-state index in [4.69, 9.17) is 0 Å². The zero-order valence-corrected chi connectivity index (χ0v) is 15.8. The summed E-state index contributed by atoms with van der Waals surface area (Å²) >= 11 is 0. The highest BCUT2D eigenvalue weighted by Gasteiger charge is 2.18. The van der Waals surface area contributed by atoms with Crippen molar-refractivity contribution in [1.29, 1.82) is 0 Å². The van der Waals surface area contributed by atoms with Gasteiger partial charge < -0.3 is 4.90 Å². The summed E-state index contributed by atoms with van der Waals surface area (Å²) in [5.41, 5.74) is 7.89. The number of hydrogen-bond donors (Lipinski definition) is 0. The van der Waals surface area contributed by atoms with Crippen molar-refractivity contribution in [1.82, 2.24) is 0 Å². The van der Waals surface area contributed by atoms with Crippen molar-refractivity contribution in [2.75, 3.05) is 18.0 Å². The summed E-state index contributed by atoms with van der Waals surface area (Å²) in [4.78, 5) is 2.34. The van der Waals surface area contributed by atoms with Crippen LogP contribution in [0.15, 0.2) is 89.1 Å². The normalized spacial score (nSPS) is 14.4. The summed E-state index contributed by atoms with van der Waals surface area (Å²) in [5.74, 6) is 0. The molecule has 0 spiro atoms. The molecule has 0 saturated carbocycles. The molecule has 0 N–H and O–H groups in total. The molecule has 0 aliphatic carbocycles. The van der Waals surface area contributed by atoms with Gasteiger partial charge in [0.25, 0.3) is 0 Å². The first-order chi connectivity index (χ1) is 13.2. The molecule has 0 atom stereocenters. The molecule has 0 saturated heterocycles. The molecule has 3 aromatic carbocycles. The van der Waals surface area contributed by atoms with E-state index in [0.29, 0.717) is 0 Å². The van der Waals surface area contributed by atoms with Crippen molar-refractivity contribution in [3.8, 4) is 0 Å². The number of rotatable bonds is 3. The first kappa shape index (κ1) is 17.2. The molecule has 1 aliphatic rings. The van der Waals surface area contributed by atoms with Crippen LogP contribution in [0.1, 0.15) is 22.3 Å². The minimum atomic E-state index is 0.728. The molecular formula is C24H23N3. The summed E-state index contributed by atoms with van der Waals surface area (Å²) in [6.07, 6.45) is 0. The van der Waals surface area contributed by atoms with Gasteiger partial charge in [-0.15, -0.1) is 0 Å². The molecule has 0 radical (unpaired) electrons. The molecule has 1 aliphatic heterocycles. The Balaban J connectivity index is 1.75. The molecule has 1 heterocycles. The summed E-state index contributed by atoms with van der Waals surface area (Å²) in [6.45, 7) is 5.66. The topological polar surface area (TPSA) is 28.0 Å². The van der Waals surface area contributed by atoms with Gasteiger partial charge in [0, 0.05) is 5.69 Å². The average Bonchev–Trinajstić information content (AvgIpc) is 2.93. The zero-order valence-electron chi connectivity index (χ0n) is 15.8. The minimum Gasteiger partial charge on any atom is -0.360 e. The van der Waals surface area contributed by atoms with E-state index < -0.39 is 0 Å². The maximum Gasteiger partial charge on any atom is 0.0896 e. The van der Waals surface area contributed by atoms with E-state index in [1.54, 1.807) is 0 Å². The number of para-hydroxylation sites is 1. The van der Waals surface area contributed by atoms with E-state index in [1.807, 2.05) is 6.07 Å². The molecule has 0 bridgehead atoms. The second kappa shape index (κ2) is 7.58. The smallest absolute Gasteiger partial charge is 0.0896 e. The van der Waals surface area contributed by atoms with E-state index in [2.05, 4.69) is 102 Å².